The third-order valence-corrected chi connectivity index (χ3v) is 9.66. The molecule has 0 N–H and O–H groups in total. The molecule has 0 radical (unpaired) electrons. The molecule has 10 rings (SSSR count). The molecule has 0 saturated carbocycles. The smallest absolute Gasteiger partial charge is 0.160 e. The second-order valence-corrected chi connectivity index (χ2v) is 12.6. The van der Waals surface area contributed by atoms with Gasteiger partial charge >= 0.3 is 0 Å². The molecule has 3 heterocycles. The Labute approximate surface area is 288 Å². The first-order valence-electron chi connectivity index (χ1n) is 16.8. The summed E-state index contributed by atoms with van der Waals surface area (Å²) >= 11 is 0. The number of benzene rings is 7. The third kappa shape index (κ3) is 4.54. The molecule has 0 aliphatic heterocycles. The zero-order valence-electron chi connectivity index (χ0n) is 27.0. The Morgan fingerprint density at radius 1 is 0.400 bits per heavy atom. The Hall–Kier alpha value is -6.78. The molecule has 0 fully saturated rings. The van der Waals surface area contributed by atoms with E-state index in [-0.39, 0.29) is 0 Å². The van der Waals surface area contributed by atoms with E-state index >= 15 is 0 Å². The summed E-state index contributed by atoms with van der Waals surface area (Å²) in [7, 11) is 0. The van der Waals surface area contributed by atoms with E-state index in [1.54, 1.807) is 0 Å². The second kappa shape index (κ2) is 11.4. The molecule has 3 aromatic heterocycles. The molecular weight excluding hydrogens is 611 g/mol. The van der Waals surface area contributed by atoms with Crippen LogP contribution >= 0.6 is 0 Å². The fourth-order valence-corrected chi connectivity index (χ4v) is 7.33. The van der Waals surface area contributed by atoms with Gasteiger partial charge in [0.2, 0.25) is 0 Å². The Balaban J connectivity index is 1.14. The van der Waals surface area contributed by atoms with Crippen LogP contribution in [-0.4, -0.2) is 14.5 Å². The Bertz CT molecular complexity index is 2810. The highest BCUT2D eigenvalue weighted by Crippen LogP contribution is 2.40. The molecule has 0 spiro atoms. The van der Waals surface area contributed by atoms with Crippen LogP contribution in [0.4, 0.5) is 0 Å². The molecular formula is C46H29N3O. The van der Waals surface area contributed by atoms with Gasteiger partial charge in [-0.3, -0.25) is 0 Å². The summed E-state index contributed by atoms with van der Waals surface area (Å²) in [5.74, 6) is 0.673. The van der Waals surface area contributed by atoms with Crippen molar-refractivity contribution in [2.75, 3.05) is 0 Å². The molecule has 7 aromatic carbocycles. The molecule has 0 bridgehead atoms. The van der Waals surface area contributed by atoms with E-state index < -0.39 is 0 Å². The van der Waals surface area contributed by atoms with Gasteiger partial charge in [-0.25, -0.2) is 9.97 Å². The number of rotatable bonds is 5. The lowest BCUT2D eigenvalue weighted by molar-refractivity contribution is 0.670. The maximum Gasteiger partial charge on any atom is 0.160 e. The number of nitrogens with zero attached hydrogens (tertiary/aromatic N) is 3. The monoisotopic (exact) mass is 639 g/mol. The van der Waals surface area contributed by atoms with E-state index in [0.717, 1.165) is 66.8 Å². The lowest BCUT2D eigenvalue weighted by Crippen LogP contribution is -1.98. The van der Waals surface area contributed by atoms with Crippen molar-refractivity contribution in [2.45, 2.75) is 0 Å². The van der Waals surface area contributed by atoms with Crippen molar-refractivity contribution in [1.29, 1.82) is 0 Å². The molecule has 4 nitrogen and oxygen atoms in total. The number of fused-ring (bicyclic) bond motifs is 6. The Morgan fingerprint density at radius 2 is 0.980 bits per heavy atom. The number of hydrogen-bond donors (Lipinski definition) is 0. The molecule has 234 valence electrons. The van der Waals surface area contributed by atoms with Gasteiger partial charge in [0.25, 0.3) is 0 Å². The van der Waals surface area contributed by atoms with Crippen molar-refractivity contribution in [2.24, 2.45) is 0 Å². The van der Waals surface area contributed by atoms with Crippen molar-refractivity contribution in [3.05, 3.63) is 176 Å². The average molecular weight is 640 g/mol. The predicted molar refractivity (Wildman–Crippen MR) is 205 cm³/mol. The SMILES string of the molecule is c1ccc(-c2cc(-c3ccccc3-c3cccc4c3oc3ccccc34)nc(-c3ccc(-n4c5ccccc5c5ccccc54)cc3)n2)cc1. The first-order chi connectivity index (χ1) is 24.8. The minimum absolute atomic E-state index is 0.673. The number of para-hydroxylation sites is 4. The summed E-state index contributed by atoms with van der Waals surface area (Å²) in [5, 5.41) is 4.70. The van der Waals surface area contributed by atoms with E-state index in [4.69, 9.17) is 14.4 Å². The van der Waals surface area contributed by atoms with E-state index in [9.17, 15) is 0 Å². The number of hydrogen-bond acceptors (Lipinski definition) is 3. The highest BCUT2D eigenvalue weighted by molar-refractivity contribution is 6.11. The molecule has 0 aliphatic rings. The van der Waals surface area contributed by atoms with Gasteiger partial charge in [0.05, 0.1) is 22.4 Å². The van der Waals surface area contributed by atoms with Crippen molar-refractivity contribution in [3.63, 3.8) is 0 Å². The van der Waals surface area contributed by atoms with Gasteiger partial charge in [0, 0.05) is 49.5 Å². The van der Waals surface area contributed by atoms with Crippen molar-refractivity contribution in [3.8, 4) is 50.7 Å². The van der Waals surface area contributed by atoms with Crippen molar-refractivity contribution in [1.82, 2.24) is 14.5 Å². The highest BCUT2D eigenvalue weighted by Gasteiger charge is 2.18. The van der Waals surface area contributed by atoms with Crippen LogP contribution in [-0.2, 0) is 0 Å². The van der Waals surface area contributed by atoms with Crippen LogP contribution in [0.25, 0.3) is 94.5 Å². The van der Waals surface area contributed by atoms with Gasteiger partial charge in [-0.05, 0) is 54.1 Å². The molecule has 0 atom stereocenters. The summed E-state index contributed by atoms with van der Waals surface area (Å²) in [5.41, 5.74) is 12.0. The van der Waals surface area contributed by atoms with Gasteiger partial charge in [-0.1, -0.05) is 127 Å². The molecule has 0 unspecified atom stereocenters. The molecule has 0 amide bonds. The Morgan fingerprint density at radius 3 is 1.74 bits per heavy atom. The van der Waals surface area contributed by atoms with Gasteiger partial charge in [-0.2, -0.15) is 0 Å². The molecule has 4 heteroatoms. The van der Waals surface area contributed by atoms with Crippen molar-refractivity contribution < 1.29 is 4.42 Å². The zero-order valence-corrected chi connectivity index (χ0v) is 27.0. The lowest BCUT2D eigenvalue weighted by atomic mass is 9.95. The van der Waals surface area contributed by atoms with Crippen LogP contribution in [0.1, 0.15) is 0 Å². The van der Waals surface area contributed by atoms with Crippen LogP contribution in [0.2, 0.25) is 0 Å². The van der Waals surface area contributed by atoms with Crippen LogP contribution in [0.15, 0.2) is 180 Å². The molecule has 0 saturated heterocycles. The first kappa shape index (κ1) is 28.3. The lowest BCUT2D eigenvalue weighted by Gasteiger charge is -2.14. The standard InChI is InChI=1S/C46H29N3O/c1-2-13-30(14-3-1)40-29-41(34-16-5-4-15-33(34)38-20-12-21-39-37-19-8-11-24-44(37)50-45(38)39)48-46(47-40)31-25-27-32(28-26-31)49-42-22-9-6-17-35(42)36-18-7-10-23-43(36)49/h1-29H. The van der Waals surface area contributed by atoms with E-state index in [2.05, 4.69) is 150 Å². The fraction of sp³-hybridized carbons (Fsp3) is 0. The van der Waals surface area contributed by atoms with Crippen LogP contribution in [0, 0.1) is 0 Å². The summed E-state index contributed by atoms with van der Waals surface area (Å²) in [4.78, 5) is 10.4. The summed E-state index contributed by atoms with van der Waals surface area (Å²) in [6.07, 6.45) is 0. The second-order valence-electron chi connectivity index (χ2n) is 12.6. The fourth-order valence-electron chi connectivity index (χ4n) is 7.33. The summed E-state index contributed by atoms with van der Waals surface area (Å²) in [6.45, 7) is 0. The van der Waals surface area contributed by atoms with Crippen LogP contribution in [0.3, 0.4) is 0 Å². The normalized spacial score (nSPS) is 11.6. The maximum absolute atomic E-state index is 6.48. The number of furan rings is 1. The first-order valence-corrected chi connectivity index (χ1v) is 16.8. The predicted octanol–water partition coefficient (Wildman–Crippen LogP) is 12.1. The summed E-state index contributed by atoms with van der Waals surface area (Å²) in [6, 6.07) is 61.2. The van der Waals surface area contributed by atoms with Crippen LogP contribution < -0.4 is 0 Å². The highest BCUT2D eigenvalue weighted by atomic mass is 16.3. The van der Waals surface area contributed by atoms with Gasteiger partial charge in [-0.15, -0.1) is 0 Å². The number of aromatic nitrogens is 3. The minimum Gasteiger partial charge on any atom is -0.455 e. The minimum atomic E-state index is 0.673. The van der Waals surface area contributed by atoms with Gasteiger partial charge < -0.3 is 8.98 Å². The third-order valence-electron chi connectivity index (χ3n) is 9.66. The van der Waals surface area contributed by atoms with E-state index in [1.807, 2.05) is 30.3 Å². The molecule has 10 aromatic rings. The quantitative estimate of drug-likeness (QED) is 0.188. The van der Waals surface area contributed by atoms with E-state index in [1.165, 1.54) is 21.8 Å². The average Bonchev–Trinajstić information content (AvgIpc) is 3.74. The van der Waals surface area contributed by atoms with Crippen molar-refractivity contribution >= 4 is 43.7 Å². The maximum atomic E-state index is 6.48. The largest absolute Gasteiger partial charge is 0.455 e. The Kier molecular flexibility index (Phi) is 6.46. The van der Waals surface area contributed by atoms with E-state index in [0.29, 0.717) is 5.82 Å². The topological polar surface area (TPSA) is 43.9 Å². The summed E-state index contributed by atoms with van der Waals surface area (Å²) < 4.78 is 8.80. The molecule has 0 aliphatic carbocycles. The van der Waals surface area contributed by atoms with Gasteiger partial charge in [0.15, 0.2) is 5.82 Å². The molecule has 50 heavy (non-hydrogen) atoms. The zero-order chi connectivity index (χ0) is 33.0. The van der Waals surface area contributed by atoms with Gasteiger partial charge in [0.1, 0.15) is 11.2 Å². The van der Waals surface area contributed by atoms with Crippen LogP contribution in [0.5, 0.6) is 0 Å².